The van der Waals surface area contributed by atoms with E-state index in [2.05, 4.69) is 20.2 Å². The van der Waals surface area contributed by atoms with Gasteiger partial charge in [0, 0.05) is 29.7 Å². The summed E-state index contributed by atoms with van der Waals surface area (Å²) < 4.78 is 5.76. The summed E-state index contributed by atoms with van der Waals surface area (Å²) in [6.45, 7) is 3.44. The first-order valence-electron chi connectivity index (χ1n) is 7.99. The van der Waals surface area contributed by atoms with E-state index in [4.69, 9.17) is 4.74 Å². The molecular weight excluding hydrogens is 294 g/mol. The number of hydrogen-bond donors (Lipinski definition) is 1. The van der Waals surface area contributed by atoms with Crippen LogP contribution in [0.3, 0.4) is 0 Å². The molecule has 1 fully saturated rings. The number of morpholine rings is 1. The van der Waals surface area contributed by atoms with Crippen molar-refractivity contribution < 1.29 is 9.53 Å². The fraction of sp³-hybridized carbons (Fsp3) is 0.500. The maximum atomic E-state index is 12.8. The molecule has 7 heteroatoms. The number of rotatable bonds is 2. The van der Waals surface area contributed by atoms with Crippen LogP contribution in [0.15, 0.2) is 12.3 Å². The Morgan fingerprint density at radius 3 is 3.22 bits per heavy atom. The molecule has 2 aromatic rings. The van der Waals surface area contributed by atoms with Crippen LogP contribution in [0.1, 0.15) is 45.8 Å². The minimum Gasteiger partial charge on any atom is -0.367 e. The van der Waals surface area contributed by atoms with Crippen molar-refractivity contribution in [1.82, 2.24) is 25.1 Å². The first kappa shape index (κ1) is 14.3. The number of ether oxygens (including phenoxy) is 1. The van der Waals surface area contributed by atoms with Gasteiger partial charge in [-0.3, -0.25) is 9.89 Å². The van der Waals surface area contributed by atoms with Crippen LogP contribution < -0.4 is 0 Å². The minimum atomic E-state index is -0.278. The summed E-state index contributed by atoms with van der Waals surface area (Å²) in [6.07, 6.45) is 4.45. The molecule has 0 radical (unpaired) electrons. The predicted octanol–water partition coefficient (Wildman–Crippen LogP) is 1.21. The average molecular weight is 313 g/mol. The largest absolute Gasteiger partial charge is 0.367 e. The molecule has 23 heavy (non-hydrogen) atoms. The average Bonchev–Trinajstić information content (AvgIpc) is 3.18. The lowest BCUT2D eigenvalue weighted by molar-refractivity contribution is -0.0271. The fourth-order valence-electron chi connectivity index (χ4n) is 3.26. The molecule has 0 spiro atoms. The Balaban J connectivity index is 1.54. The molecule has 1 amide bonds. The standard InChI is InChI=1S/C16H19N5O2/c1-10-5-6-17-15(18-10)13-9-21(7-8-23-13)16(22)14-11-3-2-4-12(11)19-20-14/h5-6,13H,2-4,7-9H2,1H3,(H,19,20)/t13-/m1/s1. The van der Waals surface area contributed by atoms with Crippen molar-refractivity contribution in [3.8, 4) is 0 Å². The zero-order valence-corrected chi connectivity index (χ0v) is 13.1. The molecule has 0 unspecified atom stereocenters. The number of aryl methyl sites for hydroxylation is 2. The lowest BCUT2D eigenvalue weighted by Gasteiger charge is -2.32. The van der Waals surface area contributed by atoms with E-state index in [1.807, 2.05) is 13.0 Å². The van der Waals surface area contributed by atoms with Gasteiger partial charge in [-0.1, -0.05) is 0 Å². The molecule has 1 aliphatic heterocycles. The van der Waals surface area contributed by atoms with Gasteiger partial charge in [0.05, 0.1) is 13.2 Å². The van der Waals surface area contributed by atoms with E-state index in [9.17, 15) is 4.79 Å². The topological polar surface area (TPSA) is 84.0 Å². The third kappa shape index (κ3) is 2.61. The Morgan fingerprint density at radius 1 is 1.43 bits per heavy atom. The summed E-state index contributed by atoms with van der Waals surface area (Å²) >= 11 is 0. The van der Waals surface area contributed by atoms with Gasteiger partial charge in [-0.05, 0) is 32.3 Å². The van der Waals surface area contributed by atoms with Crippen LogP contribution in [0.4, 0.5) is 0 Å². The van der Waals surface area contributed by atoms with Gasteiger partial charge < -0.3 is 9.64 Å². The zero-order chi connectivity index (χ0) is 15.8. The maximum absolute atomic E-state index is 12.8. The predicted molar refractivity (Wildman–Crippen MR) is 82.0 cm³/mol. The highest BCUT2D eigenvalue weighted by atomic mass is 16.5. The van der Waals surface area contributed by atoms with Crippen molar-refractivity contribution in [3.05, 3.63) is 40.7 Å². The second-order valence-corrected chi connectivity index (χ2v) is 6.05. The first-order chi connectivity index (χ1) is 11.2. The molecule has 1 aliphatic carbocycles. The first-order valence-corrected chi connectivity index (χ1v) is 7.99. The Labute approximate surface area is 134 Å². The number of H-pyrrole nitrogens is 1. The highest BCUT2D eigenvalue weighted by molar-refractivity contribution is 5.94. The summed E-state index contributed by atoms with van der Waals surface area (Å²) in [6, 6.07) is 1.85. The highest BCUT2D eigenvalue weighted by Gasteiger charge is 2.31. The van der Waals surface area contributed by atoms with Crippen LogP contribution in [-0.2, 0) is 17.6 Å². The summed E-state index contributed by atoms with van der Waals surface area (Å²) in [5, 5.41) is 7.24. The van der Waals surface area contributed by atoms with Crippen molar-refractivity contribution in [1.29, 1.82) is 0 Å². The van der Waals surface area contributed by atoms with Crippen molar-refractivity contribution in [2.45, 2.75) is 32.3 Å². The molecule has 0 aromatic carbocycles. The molecule has 7 nitrogen and oxygen atoms in total. The Bertz CT molecular complexity index is 742. The number of aromatic amines is 1. The summed E-state index contributed by atoms with van der Waals surface area (Å²) in [4.78, 5) is 23.3. The Hall–Kier alpha value is -2.28. The van der Waals surface area contributed by atoms with Crippen molar-refractivity contribution >= 4 is 5.91 Å². The Kier molecular flexibility index (Phi) is 3.57. The van der Waals surface area contributed by atoms with Crippen molar-refractivity contribution in [2.24, 2.45) is 0 Å². The molecule has 120 valence electrons. The summed E-state index contributed by atoms with van der Waals surface area (Å²) in [5.74, 6) is 0.611. The molecule has 0 saturated carbocycles. The molecule has 2 aromatic heterocycles. The number of amides is 1. The lowest BCUT2D eigenvalue weighted by atomic mass is 10.1. The molecule has 3 heterocycles. The van der Waals surface area contributed by atoms with Gasteiger partial charge in [-0.2, -0.15) is 5.10 Å². The molecule has 4 rings (SSSR count). The number of aromatic nitrogens is 4. The number of carbonyl (C=O) groups is 1. The molecule has 2 aliphatic rings. The van der Waals surface area contributed by atoms with Gasteiger partial charge in [-0.25, -0.2) is 9.97 Å². The fourth-order valence-corrected chi connectivity index (χ4v) is 3.26. The smallest absolute Gasteiger partial charge is 0.274 e. The number of nitrogens with one attached hydrogen (secondary N) is 1. The van der Waals surface area contributed by atoms with Gasteiger partial charge in [0.1, 0.15) is 6.10 Å². The van der Waals surface area contributed by atoms with Crippen LogP contribution in [0.5, 0.6) is 0 Å². The van der Waals surface area contributed by atoms with Crippen LogP contribution in [-0.4, -0.2) is 50.7 Å². The normalized spacial score (nSPS) is 20.6. The number of hydrogen-bond acceptors (Lipinski definition) is 5. The molecule has 0 bridgehead atoms. The molecule has 1 saturated heterocycles. The van der Waals surface area contributed by atoms with Gasteiger partial charge >= 0.3 is 0 Å². The van der Waals surface area contributed by atoms with Crippen LogP contribution in [0, 0.1) is 6.92 Å². The number of fused-ring (bicyclic) bond motifs is 1. The second kappa shape index (κ2) is 5.73. The van der Waals surface area contributed by atoms with Crippen molar-refractivity contribution in [2.75, 3.05) is 19.7 Å². The monoisotopic (exact) mass is 313 g/mol. The van der Waals surface area contributed by atoms with Gasteiger partial charge in [0.15, 0.2) is 11.5 Å². The SMILES string of the molecule is Cc1ccnc([C@H]2CN(C(=O)c3n[nH]c4c3CCC4)CCO2)n1. The second-order valence-electron chi connectivity index (χ2n) is 6.05. The molecular formula is C16H19N5O2. The number of carbonyl (C=O) groups excluding carboxylic acids is 1. The lowest BCUT2D eigenvalue weighted by Crippen LogP contribution is -2.43. The summed E-state index contributed by atoms with van der Waals surface area (Å²) in [5.41, 5.74) is 3.67. The molecule has 1 N–H and O–H groups in total. The van der Waals surface area contributed by atoms with E-state index in [1.165, 1.54) is 0 Å². The van der Waals surface area contributed by atoms with Gasteiger partial charge in [0.25, 0.3) is 5.91 Å². The van der Waals surface area contributed by atoms with E-state index in [-0.39, 0.29) is 12.0 Å². The van der Waals surface area contributed by atoms with Crippen LogP contribution in [0.2, 0.25) is 0 Å². The van der Waals surface area contributed by atoms with E-state index in [0.29, 0.717) is 31.2 Å². The van der Waals surface area contributed by atoms with Gasteiger partial charge in [0.2, 0.25) is 0 Å². The highest BCUT2D eigenvalue weighted by Crippen LogP contribution is 2.26. The van der Waals surface area contributed by atoms with Crippen LogP contribution in [0.25, 0.3) is 0 Å². The Morgan fingerprint density at radius 2 is 2.35 bits per heavy atom. The zero-order valence-electron chi connectivity index (χ0n) is 13.1. The number of nitrogens with zero attached hydrogens (tertiary/aromatic N) is 4. The molecule has 1 atom stereocenters. The van der Waals surface area contributed by atoms with Crippen molar-refractivity contribution in [3.63, 3.8) is 0 Å². The van der Waals surface area contributed by atoms with E-state index in [1.54, 1.807) is 11.1 Å². The van der Waals surface area contributed by atoms with E-state index < -0.39 is 0 Å². The van der Waals surface area contributed by atoms with Crippen LogP contribution >= 0.6 is 0 Å². The minimum absolute atomic E-state index is 0.0228. The van der Waals surface area contributed by atoms with E-state index >= 15 is 0 Å². The maximum Gasteiger partial charge on any atom is 0.274 e. The summed E-state index contributed by atoms with van der Waals surface area (Å²) in [7, 11) is 0. The third-order valence-corrected chi connectivity index (χ3v) is 4.46. The third-order valence-electron chi connectivity index (χ3n) is 4.46. The van der Waals surface area contributed by atoms with Gasteiger partial charge in [-0.15, -0.1) is 0 Å². The quantitative estimate of drug-likeness (QED) is 0.901. The van der Waals surface area contributed by atoms with E-state index in [0.717, 1.165) is 36.2 Å².